The van der Waals surface area contributed by atoms with Gasteiger partial charge < -0.3 is 0 Å². The lowest BCUT2D eigenvalue weighted by Gasteiger charge is -2.04. The molecule has 0 amide bonds. The van der Waals surface area contributed by atoms with Crippen LogP contribution in [-0.4, -0.2) is 9.75 Å². The zero-order valence-electron chi connectivity index (χ0n) is 7.54. The lowest BCUT2D eigenvalue weighted by Crippen LogP contribution is -2.02. The quantitative estimate of drug-likeness (QED) is 0.477. The topological polar surface area (TPSA) is 43.1 Å². The molecule has 0 fully saturated rings. The molecule has 1 aromatic carbocycles. The first kappa shape index (κ1) is 11.1. The van der Waals surface area contributed by atoms with Crippen molar-refractivity contribution in [2.75, 3.05) is 0 Å². The largest absolute Gasteiger partial charge is 0.272 e. The van der Waals surface area contributed by atoms with Gasteiger partial charge in [-0.1, -0.05) is 22.9 Å². The maximum atomic E-state index is 12.8. The van der Waals surface area contributed by atoms with Crippen LogP contribution in [0.5, 0.6) is 0 Å². The van der Waals surface area contributed by atoms with Gasteiger partial charge in [-0.25, -0.2) is 4.39 Å². The number of nitrogens with zero attached hydrogens (tertiary/aromatic N) is 1. The molecule has 0 saturated carbocycles. The van der Waals surface area contributed by atoms with E-state index in [0.717, 1.165) is 6.07 Å². The smallest absolute Gasteiger partial charge is 0.258 e. The number of hydrogen-bond acceptors (Lipinski definition) is 2. The van der Waals surface area contributed by atoms with Gasteiger partial charge in [0.25, 0.3) is 5.69 Å². The van der Waals surface area contributed by atoms with Crippen molar-refractivity contribution in [2.45, 2.75) is 18.2 Å². The van der Waals surface area contributed by atoms with Gasteiger partial charge in [0.2, 0.25) is 0 Å². The molecule has 0 N–H and O–H groups in total. The molecule has 1 rings (SSSR count). The van der Waals surface area contributed by atoms with E-state index in [9.17, 15) is 14.5 Å². The van der Waals surface area contributed by atoms with Crippen LogP contribution in [0.3, 0.4) is 0 Å². The van der Waals surface area contributed by atoms with Gasteiger partial charge in [0.05, 0.1) is 4.92 Å². The van der Waals surface area contributed by atoms with E-state index in [1.165, 1.54) is 12.1 Å². The highest BCUT2D eigenvalue weighted by atomic mass is 79.9. The fourth-order valence-electron chi connectivity index (χ4n) is 1.20. The summed E-state index contributed by atoms with van der Waals surface area (Å²) < 4.78 is 12.8. The lowest BCUT2D eigenvalue weighted by molar-refractivity contribution is -0.385. The standard InChI is InChI=1S/C9H9BrFNO2/c1-6(10)4-7-5-8(11)2-3-9(7)12(13)14/h2-3,5-6H,4H2,1H3. The van der Waals surface area contributed by atoms with Crippen molar-refractivity contribution in [3.8, 4) is 0 Å². The van der Waals surface area contributed by atoms with Crippen LogP contribution in [0.2, 0.25) is 0 Å². The first-order chi connectivity index (χ1) is 6.50. The van der Waals surface area contributed by atoms with Gasteiger partial charge in [0.15, 0.2) is 0 Å². The van der Waals surface area contributed by atoms with E-state index in [2.05, 4.69) is 15.9 Å². The highest BCUT2D eigenvalue weighted by Crippen LogP contribution is 2.22. The van der Waals surface area contributed by atoms with Crippen molar-refractivity contribution < 1.29 is 9.31 Å². The first-order valence-corrected chi connectivity index (χ1v) is 4.99. The van der Waals surface area contributed by atoms with Crippen LogP contribution in [-0.2, 0) is 6.42 Å². The Hall–Kier alpha value is -0.970. The van der Waals surface area contributed by atoms with Crippen molar-refractivity contribution in [1.29, 1.82) is 0 Å². The molecule has 0 heterocycles. The van der Waals surface area contributed by atoms with Gasteiger partial charge in [0, 0.05) is 16.5 Å². The number of nitro groups is 1. The van der Waals surface area contributed by atoms with E-state index >= 15 is 0 Å². The molecule has 3 nitrogen and oxygen atoms in total. The Morgan fingerprint density at radius 3 is 2.79 bits per heavy atom. The second-order valence-corrected chi connectivity index (χ2v) is 4.58. The van der Waals surface area contributed by atoms with Crippen LogP contribution in [0.1, 0.15) is 12.5 Å². The van der Waals surface area contributed by atoms with Crippen molar-refractivity contribution in [1.82, 2.24) is 0 Å². The number of hydrogen-bond donors (Lipinski definition) is 0. The molecule has 1 atom stereocenters. The van der Waals surface area contributed by atoms with Crippen LogP contribution >= 0.6 is 15.9 Å². The molecule has 5 heteroatoms. The number of rotatable bonds is 3. The van der Waals surface area contributed by atoms with E-state index in [1.54, 1.807) is 0 Å². The van der Waals surface area contributed by atoms with Crippen LogP contribution in [0.4, 0.5) is 10.1 Å². The molecule has 0 aliphatic heterocycles. The molecule has 1 aromatic rings. The Morgan fingerprint density at radius 2 is 2.29 bits per heavy atom. The summed E-state index contributed by atoms with van der Waals surface area (Å²) in [4.78, 5) is 10.2. The Balaban J connectivity index is 3.09. The number of benzene rings is 1. The summed E-state index contributed by atoms with van der Waals surface area (Å²) in [5.41, 5.74) is 0.386. The first-order valence-electron chi connectivity index (χ1n) is 4.07. The summed E-state index contributed by atoms with van der Waals surface area (Å²) in [5, 5.41) is 10.6. The number of halogens is 2. The van der Waals surface area contributed by atoms with E-state index in [1.807, 2.05) is 6.92 Å². The zero-order valence-corrected chi connectivity index (χ0v) is 9.12. The summed E-state index contributed by atoms with van der Waals surface area (Å²) in [7, 11) is 0. The molecule has 76 valence electrons. The van der Waals surface area contributed by atoms with E-state index in [-0.39, 0.29) is 10.5 Å². The highest BCUT2D eigenvalue weighted by Gasteiger charge is 2.15. The molecule has 1 unspecified atom stereocenters. The molecule has 0 bridgehead atoms. The minimum Gasteiger partial charge on any atom is -0.258 e. The number of alkyl halides is 1. The van der Waals surface area contributed by atoms with Crippen molar-refractivity contribution in [2.24, 2.45) is 0 Å². The molecule has 0 aliphatic carbocycles. The van der Waals surface area contributed by atoms with Gasteiger partial charge in [-0.05, 0) is 18.6 Å². The average Bonchev–Trinajstić information content (AvgIpc) is 2.01. The van der Waals surface area contributed by atoms with Crippen molar-refractivity contribution in [3.05, 3.63) is 39.7 Å². The molecular weight excluding hydrogens is 253 g/mol. The SMILES string of the molecule is CC(Br)Cc1cc(F)ccc1[N+](=O)[O-]. The Morgan fingerprint density at radius 1 is 1.64 bits per heavy atom. The monoisotopic (exact) mass is 261 g/mol. The third kappa shape index (κ3) is 2.77. The minimum atomic E-state index is -0.496. The van der Waals surface area contributed by atoms with Gasteiger partial charge >= 0.3 is 0 Å². The molecule has 0 saturated heterocycles. The molecular formula is C9H9BrFNO2. The lowest BCUT2D eigenvalue weighted by atomic mass is 10.1. The third-order valence-electron chi connectivity index (χ3n) is 1.74. The summed E-state index contributed by atoms with van der Waals surface area (Å²) in [5.74, 6) is -0.446. The zero-order chi connectivity index (χ0) is 10.7. The number of nitro benzene ring substituents is 1. The fourth-order valence-corrected chi connectivity index (χ4v) is 1.55. The highest BCUT2D eigenvalue weighted by molar-refractivity contribution is 9.09. The summed E-state index contributed by atoms with van der Waals surface area (Å²) >= 11 is 3.27. The Bertz CT molecular complexity index is 355. The Labute approximate surface area is 89.2 Å². The molecule has 0 spiro atoms. The van der Waals surface area contributed by atoms with E-state index < -0.39 is 10.7 Å². The van der Waals surface area contributed by atoms with Gasteiger partial charge in [-0.2, -0.15) is 0 Å². The van der Waals surface area contributed by atoms with Gasteiger partial charge in [0.1, 0.15) is 5.82 Å². The van der Waals surface area contributed by atoms with Crippen LogP contribution in [0.25, 0.3) is 0 Å². The van der Waals surface area contributed by atoms with Crippen molar-refractivity contribution in [3.63, 3.8) is 0 Å². The predicted molar refractivity (Wildman–Crippen MR) is 55.1 cm³/mol. The van der Waals surface area contributed by atoms with E-state index in [4.69, 9.17) is 0 Å². The van der Waals surface area contributed by atoms with Gasteiger partial charge in [-0.3, -0.25) is 10.1 Å². The maximum absolute atomic E-state index is 12.8. The Kier molecular flexibility index (Phi) is 3.57. The molecule has 0 aromatic heterocycles. The van der Waals surface area contributed by atoms with Crippen LogP contribution < -0.4 is 0 Å². The summed E-state index contributed by atoms with van der Waals surface area (Å²) in [6.07, 6.45) is 0.439. The molecule has 0 aliphatic rings. The minimum absolute atomic E-state index is 0.0299. The normalized spacial score (nSPS) is 12.5. The summed E-state index contributed by atoms with van der Waals surface area (Å²) in [6.45, 7) is 1.86. The molecule has 14 heavy (non-hydrogen) atoms. The van der Waals surface area contributed by atoms with Crippen molar-refractivity contribution >= 4 is 21.6 Å². The third-order valence-corrected chi connectivity index (χ3v) is 2.06. The van der Waals surface area contributed by atoms with Gasteiger partial charge in [-0.15, -0.1) is 0 Å². The second-order valence-electron chi connectivity index (χ2n) is 3.02. The fraction of sp³-hybridized carbons (Fsp3) is 0.333. The van der Waals surface area contributed by atoms with Crippen LogP contribution in [0, 0.1) is 15.9 Å². The molecule has 0 radical (unpaired) electrons. The summed E-state index contributed by atoms with van der Waals surface area (Å²) in [6, 6.07) is 3.50. The van der Waals surface area contributed by atoms with Crippen LogP contribution in [0.15, 0.2) is 18.2 Å². The second kappa shape index (κ2) is 4.50. The maximum Gasteiger partial charge on any atom is 0.272 e. The predicted octanol–water partition coefficient (Wildman–Crippen LogP) is 3.06. The average molecular weight is 262 g/mol. The van der Waals surface area contributed by atoms with E-state index in [0.29, 0.717) is 12.0 Å².